The molecular weight excluding hydrogens is 298 g/mol. The number of carbonyl (C=O) groups excluding carboxylic acids is 2. The van der Waals surface area contributed by atoms with Gasteiger partial charge in [-0.15, -0.1) is 0 Å². The summed E-state index contributed by atoms with van der Waals surface area (Å²) in [5, 5.41) is 9.12. The first-order valence-electron chi connectivity index (χ1n) is 8.53. The van der Waals surface area contributed by atoms with Crippen LogP contribution in [0, 0.1) is 11.3 Å². The van der Waals surface area contributed by atoms with Crippen molar-refractivity contribution in [2.75, 3.05) is 26.4 Å². The third-order valence-corrected chi connectivity index (χ3v) is 5.89. The fraction of sp³-hybridized carbons (Fsp3) is 0.765. The average molecular weight is 321 g/mol. The number of Topliss-reactive ketones (excluding diaryl/α,β-unsaturated/α-hetero) is 1. The Labute approximate surface area is 135 Å². The molecule has 0 bridgehead atoms. The van der Waals surface area contributed by atoms with Crippen molar-refractivity contribution in [3.05, 3.63) is 11.8 Å². The fourth-order valence-corrected chi connectivity index (χ4v) is 4.98. The second-order valence-corrected chi connectivity index (χ2v) is 7.08. The molecule has 1 N–H and O–H groups in total. The van der Waals surface area contributed by atoms with Gasteiger partial charge in [0.1, 0.15) is 5.78 Å². The van der Waals surface area contributed by atoms with Crippen molar-refractivity contribution >= 4 is 11.7 Å². The van der Waals surface area contributed by atoms with Gasteiger partial charge in [0, 0.05) is 55.9 Å². The first-order chi connectivity index (χ1) is 11.1. The maximum atomic E-state index is 12.6. The largest absolute Gasteiger partial charge is 0.396 e. The van der Waals surface area contributed by atoms with Crippen LogP contribution in [0.4, 0.5) is 0 Å². The molecule has 0 aromatic carbocycles. The maximum Gasteiger partial charge on any atom is 0.226 e. The summed E-state index contributed by atoms with van der Waals surface area (Å²) < 4.78 is 11.8. The van der Waals surface area contributed by atoms with E-state index in [-0.39, 0.29) is 29.6 Å². The molecule has 3 fully saturated rings. The Kier molecular flexibility index (Phi) is 3.59. The summed E-state index contributed by atoms with van der Waals surface area (Å²) in [7, 11) is 0. The van der Waals surface area contributed by atoms with E-state index in [9.17, 15) is 9.59 Å². The molecule has 4 rings (SSSR count). The predicted molar refractivity (Wildman–Crippen MR) is 80.1 cm³/mol. The molecule has 2 atom stereocenters. The van der Waals surface area contributed by atoms with E-state index < -0.39 is 5.79 Å². The van der Waals surface area contributed by atoms with Crippen LogP contribution in [0.1, 0.15) is 38.5 Å². The SMILES string of the molecule is O=C1CC=C2N(CCCO)C(=O)CC[C@]23CC2(C[C@H]13)OCCO2. The Bertz CT molecular complexity index is 565. The monoisotopic (exact) mass is 321 g/mol. The van der Waals surface area contributed by atoms with Crippen LogP contribution < -0.4 is 0 Å². The van der Waals surface area contributed by atoms with Crippen molar-refractivity contribution in [2.45, 2.75) is 44.3 Å². The Balaban J connectivity index is 1.71. The zero-order valence-electron chi connectivity index (χ0n) is 13.3. The molecule has 2 saturated heterocycles. The predicted octanol–water partition coefficient (Wildman–Crippen LogP) is 0.987. The molecule has 2 aliphatic carbocycles. The zero-order valence-corrected chi connectivity index (χ0v) is 13.3. The van der Waals surface area contributed by atoms with Crippen LogP contribution in [0.3, 0.4) is 0 Å². The summed E-state index contributed by atoms with van der Waals surface area (Å²) in [5.41, 5.74) is 0.644. The minimum absolute atomic E-state index is 0.0581. The zero-order chi connectivity index (χ0) is 16.1. The first kappa shape index (κ1) is 15.3. The molecule has 2 spiro atoms. The second-order valence-electron chi connectivity index (χ2n) is 7.08. The number of nitrogens with zero attached hydrogens (tertiary/aromatic N) is 1. The topological polar surface area (TPSA) is 76.1 Å². The van der Waals surface area contributed by atoms with Gasteiger partial charge in [0.05, 0.1) is 13.2 Å². The second kappa shape index (κ2) is 5.40. The molecule has 6 nitrogen and oxygen atoms in total. The Morgan fingerprint density at radius 3 is 2.83 bits per heavy atom. The number of allylic oxidation sites excluding steroid dienone is 2. The van der Waals surface area contributed by atoms with E-state index in [0.29, 0.717) is 58.3 Å². The summed E-state index contributed by atoms with van der Waals surface area (Å²) >= 11 is 0. The number of carbonyl (C=O) groups is 2. The lowest BCUT2D eigenvalue weighted by atomic mass is 9.64. The van der Waals surface area contributed by atoms with Crippen LogP contribution >= 0.6 is 0 Å². The van der Waals surface area contributed by atoms with Crippen LogP contribution in [-0.4, -0.2) is 53.8 Å². The molecular formula is C17H23NO5. The van der Waals surface area contributed by atoms with Crippen LogP contribution in [-0.2, 0) is 19.1 Å². The number of amides is 1. The molecule has 4 aliphatic rings. The van der Waals surface area contributed by atoms with Gasteiger partial charge in [0.2, 0.25) is 5.91 Å². The normalized spacial score (nSPS) is 35.4. The first-order valence-corrected chi connectivity index (χ1v) is 8.53. The van der Waals surface area contributed by atoms with E-state index in [2.05, 4.69) is 0 Å². The maximum absolute atomic E-state index is 12.6. The molecule has 23 heavy (non-hydrogen) atoms. The molecule has 0 aromatic heterocycles. The summed E-state index contributed by atoms with van der Waals surface area (Å²) in [6, 6.07) is 0. The molecule has 1 amide bonds. The molecule has 6 heteroatoms. The number of aliphatic hydroxyl groups excluding tert-OH is 1. The minimum Gasteiger partial charge on any atom is -0.396 e. The number of hydrogen-bond acceptors (Lipinski definition) is 5. The molecule has 2 aliphatic heterocycles. The Hall–Kier alpha value is -1.24. The van der Waals surface area contributed by atoms with E-state index >= 15 is 0 Å². The van der Waals surface area contributed by atoms with Crippen molar-refractivity contribution in [1.82, 2.24) is 4.90 Å². The van der Waals surface area contributed by atoms with Crippen LogP contribution in [0.5, 0.6) is 0 Å². The van der Waals surface area contributed by atoms with Gasteiger partial charge in [0.25, 0.3) is 0 Å². The number of piperidine rings is 1. The molecule has 1 saturated carbocycles. The van der Waals surface area contributed by atoms with Crippen molar-refractivity contribution in [3.63, 3.8) is 0 Å². The lowest BCUT2D eigenvalue weighted by Crippen LogP contribution is -2.50. The quantitative estimate of drug-likeness (QED) is 0.839. The summed E-state index contributed by atoms with van der Waals surface area (Å²) in [4.78, 5) is 26.8. The summed E-state index contributed by atoms with van der Waals surface area (Å²) in [5.74, 6) is -0.434. The molecule has 0 aromatic rings. The number of ether oxygens (including phenoxy) is 2. The standard InChI is InChI=1S/C17H23NO5/c19-7-1-6-18-14-3-2-13(20)12-10-17(22-8-9-23-17)11-16(12,14)5-4-15(18)21/h3,12,19H,1-2,4-11H2/t12-,16-/m1/s1. The highest BCUT2D eigenvalue weighted by molar-refractivity contribution is 5.88. The van der Waals surface area contributed by atoms with Crippen LogP contribution in [0.15, 0.2) is 11.8 Å². The highest BCUT2D eigenvalue weighted by Gasteiger charge is 2.64. The van der Waals surface area contributed by atoms with Crippen LogP contribution in [0.2, 0.25) is 0 Å². The number of ketones is 1. The third kappa shape index (κ3) is 2.19. The molecule has 126 valence electrons. The molecule has 2 heterocycles. The minimum atomic E-state index is -0.646. The van der Waals surface area contributed by atoms with Crippen molar-refractivity contribution < 1.29 is 24.2 Å². The smallest absolute Gasteiger partial charge is 0.226 e. The summed E-state index contributed by atoms with van der Waals surface area (Å²) in [6.45, 7) is 1.72. The number of hydrogen-bond donors (Lipinski definition) is 1. The van der Waals surface area contributed by atoms with Gasteiger partial charge in [-0.1, -0.05) is 6.08 Å². The van der Waals surface area contributed by atoms with Crippen molar-refractivity contribution in [3.8, 4) is 0 Å². The Morgan fingerprint density at radius 2 is 2.09 bits per heavy atom. The number of rotatable bonds is 3. The van der Waals surface area contributed by atoms with E-state index in [1.54, 1.807) is 4.90 Å². The van der Waals surface area contributed by atoms with E-state index in [0.717, 1.165) is 5.70 Å². The van der Waals surface area contributed by atoms with Gasteiger partial charge in [0.15, 0.2) is 5.79 Å². The van der Waals surface area contributed by atoms with Crippen molar-refractivity contribution in [1.29, 1.82) is 0 Å². The lowest BCUT2D eigenvalue weighted by molar-refractivity contribution is -0.159. The Morgan fingerprint density at radius 1 is 1.30 bits per heavy atom. The van der Waals surface area contributed by atoms with E-state index in [1.165, 1.54) is 0 Å². The van der Waals surface area contributed by atoms with Gasteiger partial charge in [-0.05, 0) is 12.8 Å². The fourth-order valence-electron chi connectivity index (χ4n) is 4.98. The number of likely N-dealkylation sites (tertiary alicyclic amines) is 1. The molecule has 0 radical (unpaired) electrons. The third-order valence-electron chi connectivity index (χ3n) is 5.89. The highest BCUT2D eigenvalue weighted by atomic mass is 16.7. The molecule has 0 unspecified atom stereocenters. The van der Waals surface area contributed by atoms with Gasteiger partial charge in [-0.2, -0.15) is 0 Å². The lowest BCUT2D eigenvalue weighted by Gasteiger charge is -2.48. The summed E-state index contributed by atoms with van der Waals surface area (Å²) in [6.07, 6.45) is 5.26. The number of aliphatic hydroxyl groups is 1. The van der Waals surface area contributed by atoms with Gasteiger partial charge in [-0.3, -0.25) is 9.59 Å². The average Bonchev–Trinajstić information content (AvgIpc) is 3.13. The highest BCUT2D eigenvalue weighted by Crippen LogP contribution is 2.62. The van der Waals surface area contributed by atoms with Gasteiger partial charge < -0.3 is 19.5 Å². The van der Waals surface area contributed by atoms with E-state index in [1.807, 2.05) is 6.08 Å². The van der Waals surface area contributed by atoms with E-state index in [4.69, 9.17) is 14.6 Å². The van der Waals surface area contributed by atoms with Crippen LogP contribution in [0.25, 0.3) is 0 Å². The van der Waals surface area contributed by atoms with Gasteiger partial charge >= 0.3 is 0 Å². The van der Waals surface area contributed by atoms with Gasteiger partial charge in [-0.25, -0.2) is 0 Å². The van der Waals surface area contributed by atoms with Crippen molar-refractivity contribution in [2.24, 2.45) is 11.3 Å².